The van der Waals surface area contributed by atoms with Gasteiger partial charge < -0.3 is 19.4 Å². The number of morpholine rings is 1. The Morgan fingerprint density at radius 3 is 2.64 bits per heavy atom. The van der Waals surface area contributed by atoms with E-state index in [0.29, 0.717) is 50.6 Å². The third-order valence-electron chi connectivity index (χ3n) is 4.42. The summed E-state index contributed by atoms with van der Waals surface area (Å²) in [5, 5.41) is 11.6. The Bertz CT molecular complexity index is 627. The lowest BCUT2D eigenvalue weighted by Gasteiger charge is -2.28. The van der Waals surface area contributed by atoms with Crippen LogP contribution in [0.1, 0.15) is 18.4 Å². The van der Waals surface area contributed by atoms with Crippen LogP contribution in [0.25, 0.3) is 0 Å². The average molecular weight is 350 g/mol. The lowest BCUT2D eigenvalue weighted by atomic mass is 10.1. The third kappa shape index (κ3) is 4.18. The molecule has 2 aliphatic rings. The summed E-state index contributed by atoms with van der Waals surface area (Å²) in [5.74, 6) is 0. The molecule has 1 N–H and O–H groups in total. The Hall–Kier alpha value is -2.39. The number of nitrogens with zero attached hydrogens (tertiary/aromatic N) is 3. The molecule has 0 saturated carbocycles. The fourth-order valence-electron chi connectivity index (χ4n) is 3.13. The van der Waals surface area contributed by atoms with Gasteiger partial charge in [0.25, 0.3) is 5.69 Å². The summed E-state index contributed by atoms with van der Waals surface area (Å²) in [6.07, 6.45) is 1.51. The summed E-state index contributed by atoms with van der Waals surface area (Å²) >= 11 is 0. The van der Waals surface area contributed by atoms with Crippen molar-refractivity contribution in [2.45, 2.75) is 19.4 Å². The first-order valence-electron chi connectivity index (χ1n) is 8.44. The predicted octanol–water partition coefficient (Wildman–Crippen LogP) is 1.67. The minimum atomic E-state index is -0.440. The van der Waals surface area contributed by atoms with Gasteiger partial charge in [-0.3, -0.25) is 10.1 Å². The molecule has 3 rings (SSSR count). The summed E-state index contributed by atoms with van der Waals surface area (Å²) in [5.41, 5.74) is 3.64. The van der Waals surface area contributed by atoms with Crippen molar-refractivity contribution in [2.75, 3.05) is 44.3 Å². The van der Waals surface area contributed by atoms with Gasteiger partial charge in [0.2, 0.25) is 0 Å². The highest BCUT2D eigenvalue weighted by molar-refractivity contribution is 5.68. The van der Waals surface area contributed by atoms with E-state index in [4.69, 9.17) is 9.57 Å². The van der Waals surface area contributed by atoms with Gasteiger partial charge in [-0.25, -0.2) is 4.79 Å². The molecule has 0 atom stereocenters. The van der Waals surface area contributed by atoms with E-state index >= 15 is 0 Å². The van der Waals surface area contributed by atoms with E-state index in [1.807, 2.05) is 4.90 Å². The molecule has 0 aliphatic carbocycles. The molecular weight excluding hydrogens is 328 g/mol. The average Bonchev–Trinajstić information content (AvgIpc) is 3.17. The number of nitrogens with one attached hydrogen (secondary N) is 1. The van der Waals surface area contributed by atoms with E-state index in [9.17, 15) is 14.9 Å². The van der Waals surface area contributed by atoms with Crippen LogP contribution in [-0.2, 0) is 16.1 Å². The van der Waals surface area contributed by atoms with Crippen LogP contribution in [0.15, 0.2) is 18.2 Å². The van der Waals surface area contributed by atoms with Gasteiger partial charge in [-0.15, -0.1) is 5.48 Å². The third-order valence-corrected chi connectivity index (χ3v) is 4.42. The molecule has 2 saturated heterocycles. The van der Waals surface area contributed by atoms with Gasteiger partial charge in [-0.1, -0.05) is 12.1 Å². The molecule has 0 radical (unpaired) electrons. The van der Waals surface area contributed by atoms with Gasteiger partial charge in [-0.2, -0.15) is 0 Å². The van der Waals surface area contributed by atoms with E-state index < -0.39 is 6.09 Å². The molecule has 9 nitrogen and oxygen atoms in total. The summed E-state index contributed by atoms with van der Waals surface area (Å²) < 4.78 is 5.31. The van der Waals surface area contributed by atoms with Crippen molar-refractivity contribution in [1.29, 1.82) is 0 Å². The quantitative estimate of drug-likeness (QED) is 0.637. The first-order chi connectivity index (χ1) is 12.2. The van der Waals surface area contributed by atoms with E-state index in [1.54, 1.807) is 23.1 Å². The number of anilines is 1. The number of rotatable bonds is 5. The van der Waals surface area contributed by atoms with Crippen molar-refractivity contribution < 1.29 is 19.3 Å². The first kappa shape index (κ1) is 17.4. The fraction of sp³-hybridized carbons (Fsp3) is 0.562. The number of carbonyl (C=O) groups excluding carboxylic acids is 1. The SMILES string of the molecule is O=C(ONCc1cccc(N2CCOCC2)c1[N+](=O)[O-])N1CCCC1. The van der Waals surface area contributed by atoms with Crippen LogP contribution in [0.5, 0.6) is 0 Å². The molecule has 25 heavy (non-hydrogen) atoms. The van der Waals surface area contributed by atoms with Crippen molar-refractivity contribution in [1.82, 2.24) is 10.4 Å². The predicted molar refractivity (Wildman–Crippen MR) is 90.3 cm³/mol. The number of nitro benzene ring substituents is 1. The molecule has 1 amide bonds. The Kier molecular flexibility index (Phi) is 5.67. The molecule has 0 aromatic heterocycles. The molecule has 0 unspecified atom stereocenters. The van der Waals surface area contributed by atoms with Crippen molar-refractivity contribution in [3.63, 3.8) is 0 Å². The van der Waals surface area contributed by atoms with Crippen LogP contribution < -0.4 is 10.4 Å². The topological polar surface area (TPSA) is 97.2 Å². The zero-order valence-electron chi connectivity index (χ0n) is 14.0. The Morgan fingerprint density at radius 2 is 1.96 bits per heavy atom. The Morgan fingerprint density at radius 1 is 1.24 bits per heavy atom. The second-order valence-electron chi connectivity index (χ2n) is 6.02. The second kappa shape index (κ2) is 8.13. The fourth-order valence-corrected chi connectivity index (χ4v) is 3.13. The molecule has 9 heteroatoms. The number of benzene rings is 1. The van der Waals surface area contributed by atoms with Crippen LogP contribution in [0.3, 0.4) is 0 Å². The zero-order chi connectivity index (χ0) is 17.6. The smallest absolute Gasteiger partial charge is 0.378 e. The number of para-hydroxylation sites is 1. The number of nitro groups is 1. The molecule has 1 aromatic rings. The standard InChI is InChI=1S/C16H22N4O5/c21-16(19-6-1-2-7-19)25-17-12-13-4-3-5-14(15(13)20(22)23)18-8-10-24-11-9-18/h3-5,17H,1-2,6-12H2. The number of carbonyl (C=O) groups is 1. The maximum atomic E-state index is 11.9. The highest BCUT2D eigenvalue weighted by atomic mass is 16.7. The summed E-state index contributed by atoms with van der Waals surface area (Å²) in [6, 6.07) is 5.18. The van der Waals surface area contributed by atoms with E-state index in [1.165, 1.54) is 0 Å². The van der Waals surface area contributed by atoms with Crippen molar-refractivity contribution >= 4 is 17.5 Å². The Labute approximate surface area is 145 Å². The minimum Gasteiger partial charge on any atom is -0.378 e. The maximum Gasteiger partial charge on any atom is 0.428 e. The molecule has 136 valence electrons. The summed E-state index contributed by atoms with van der Waals surface area (Å²) in [7, 11) is 0. The van der Waals surface area contributed by atoms with Gasteiger partial charge in [0, 0.05) is 31.7 Å². The summed E-state index contributed by atoms with van der Waals surface area (Å²) in [6.45, 7) is 3.78. The van der Waals surface area contributed by atoms with E-state index in [2.05, 4.69) is 5.48 Å². The molecule has 1 aromatic carbocycles. The largest absolute Gasteiger partial charge is 0.428 e. The number of ether oxygens (including phenoxy) is 1. The van der Waals surface area contributed by atoms with Crippen LogP contribution in [0.4, 0.5) is 16.2 Å². The van der Waals surface area contributed by atoms with Gasteiger partial charge in [-0.05, 0) is 18.9 Å². The molecule has 2 aliphatic heterocycles. The normalized spacial score (nSPS) is 17.6. The van der Waals surface area contributed by atoms with Crippen LogP contribution >= 0.6 is 0 Å². The summed E-state index contributed by atoms with van der Waals surface area (Å²) in [4.78, 5) is 31.7. The van der Waals surface area contributed by atoms with Crippen molar-refractivity contribution in [3.05, 3.63) is 33.9 Å². The number of hydrogen-bond donors (Lipinski definition) is 1. The Balaban J connectivity index is 1.67. The van der Waals surface area contributed by atoms with Crippen molar-refractivity contribution in [2.24, 2.45) is 0 Å². The van der Waals surface area contributed by atoms with Gasteiger partial charge in [0.1, 0.15) is 5.69 Å². The molecule has 2 fully saturated rings. The number of amides is 1. The second-order valence-corrected chi connectivity index (χ2v) is 6.02. The maximum absolute atomic E-state index is 11.9. The highest BCUT2D eigenvalue weighted by Gasteiger charge is 2.25. The molecule has 0 bridgehead atoms. The van der Waals surface area contributed by atoms with Crippen LogP contribution in [0, 0.1) is 10.1 Å². The van der Waals surface area contributed by atoms with Crippen LogP contribution in [0.2, 0.25) is 0 Å². The molecular formula is C16H22N4O5. The number of hydrogen-bond acceptors (Lipinski definition) is 7. The number of hydroxylamine groups is 1. The van der Waals surface area contributed by atoms with Gasteiger partial charge in [0.15, 0.2) is 0 Å². The van der Waals surface area contributed by atoms with E-state index in [0.717, 1.165) is 12.8 Å². The molecule has 2 heterocycles. The highest BCUT2D eigenvalue weighted by Crippen LogP contribution is 2.32. The minimum absolute atomic E-state index is 0.0362. The van der Waals surface area contributed by atoms with Crippen molar-refractivity contribution in [3.8, 4) is 0 Å². The lowest BCUT2D eigenvalue weighted by Crippen LogP contribution is -2.36. The zero-order valence-corrected chi connectivity index (χ0v) is 14.0. The lowest BCUT2D eigenvalue weighted by molar-refractivity contribution is -0.385. The van der Waals surface area contributed by atoms with Gasteiger partial charge in [0.05, 0.1) is 24.7 Å². The van der Waals surface area contributed by atoms with Crippen LogP contribution in [-0.4, -0.2) is 55.3 Å². The van der Waals surface area contributed by atoms with Gasteiger partial charge >= 0.3 is 6.09 Å². The van der Waals surface area contributed by atoms with E-state index in [-0.39, 0.29) is 17.2 Å². The first-order valence-corrected chi connectivity index (χ1v) is 8.44. The number of likely N-dealkylation sites (tertiary alicyclic amines) is 1. The molecule has 0 spiro atoms. The monoisotopic (exact) mass is 350 g/mol.